The fourth-order valence-corrected chi connectivity index (χ4v) is 2.10. The Morgan fingerprint density at radius 2 is 1.50 bits per heavy atom. The maximum atomic E-state index is 2.59. The monoisotopic (exact) mass is 200 g/mol. The van der Waals surface area contributed by atoms with Gasteiger partial charge in [0.1, 0.15) is 0 Å². The normalized spacial score (nSPS) is 19.3. The zero-order valence-corrected chi connectivity index (χ0v) is 10.7. The number of hydrogen-bond acceptors (Lipinski definition) is 2. The van der Waals surface area contributed by atoms with Gasteiger partial charge in [0, 0.05) is 6.04 Å². The minimum absolute atomic E-state index is 0.858. The van der Waals surface area contributed by atoms with Crippen molar-refractivity contribution >= 4 is 0 Å². The molecule has 1 rings (SSSR count). The first-order valence-corrected chi connectivity index (χ1v) is 6.20. The standard InChI is InChI=1S/C10H22N2.C2H6/c1-4-12(5-2)10-6-8-11(3)9-7-10;1-2/h10H,4-9H2,1-3H3;1-2H3. The third kappa shape index (κ3) is 4.43. The summed E-state index contributed by atoms with van der Waals surface area (Å²) in [7, 11) is 2.22. The summed E-state index contributed by atoms with van der Waals surface area (Å²) in [6, 6.07) is 0.858. The molecule has 0 radical (unpaired) electrons. The van der Waals surface area contributed by atoms with Gasteiger partial charge in [-0.15, -0.1) is 0 Å². The Bertz CT molecular complexity index is 113. The molecule has 0 spiro atoms. The quantitative estimate of drug-likeness (QED) is 0.690. The molecule has 1 heterocycles. The Morgan fingerprint density at radius 3 is 1.86 bits per heavy atom. The van der Waals surface area contributed by atoms with Crippen LogP contribution >= 0.6 is 0 Å². The molecule has 0 aromatic rings. The molecule has 0 aromatic carbocycles. The van der Waals surface area contributed by atoms with Gasteiger partial charge < -0.3 is 9.80 Å². The van der Waals surface area contributed by atoms with Gasteiger partial charge in [0.2, 0.25) is 0 Å². The van der Waals surface area contributed by atoms with Crippen LogP contribution in [0.5, 0.6) is 0 Å². The Labute approximate surface area is 90.3 Å². The van der Waals surface area contributed by atoms with E-state index in [4.69, 9.17) is 0 Å². The number of likely N-dealkylation sites (tertiary alicyclic amines) is 1. The lowest BCUT2D eigenvalue weighted by Crippen LogP contribution is -2.43. The summed E-state index contributed by atoms with van der Waals surface area (Å²) < 4.78 is 0. The maximum Gasteiger partial charge on any atom is 0.0119 e. The van der Waals surface area contributed by atoms with Gasteiger partial charge in [0.15, 0.2) is 0 Å². The van der Waals surface area contributed by atoms with Gasteiger partial charge in [-0.2, -0.15) is 0 Å². The van der Waals surface area contributed by atoms with E-state index in [1.54, 1.807) is 0 Å². The molecule has 1 aliphatic rings. The molecule has 2 nitrogen and oxygen atoms in total. The molecule has 2 heteroatoms. The van der Waals surface area contributed by atoms with E-state index in [1.807, 2.05) is 13.8 Å². The van der Waals surface area contributed by atoms with Crippen LogP contribution in [-0.4, -0.2) is 49.1 Å². The molecule has 0 aliphatic carbocycles. The largest absolute Gasteiger partial charge is 0.306 e. The molecule has 0 bridgehead atoms. The predicted molar refractivity (Wildman–Crippen MR) is 64.8 cm³/mol. The van der Waals surface area contributed by atoms with Crippen LogP contribution in [0.4, 0.5) is 0 Å². The molecule has 1 aliphatic heterocycles. The smallest absolute Gasteiger partial charge is 0.0119 e. The van der Waals surface area contributed by atoms with Crippen LogP contribution in [-0.2, 0) is 0 Å². The van der Waals surface area contributed by atoms with Crippen molar-refractivity contribution in [1.82, 2.24) is 9.80 Å². The lowest BCUT2D eigenvalue weighted by molar-refractivity contribution is 0.131. The maximum absolute atomic E-state index is 2.59. The van der Waals surface area contributed by atoms with Gasteiger partial charge in [-0.05, 0) is 46.1 Å². The van der Waals surface area contributed by atoms with Crippen molar-refractivity contribution in [1.29, 1.82) is 0 Å². The lowest BCUT2D eigenvalue weighted by Gasteiger charge is -2.36. The van der Waals surface area contributed by atoms with Crippen LogP contribution < -0.4 is 0 Å². The van der Waals surface area contributed by atoms with Crippen molar-refractivity contribution in [3.8, 4) is 0 Å². The fraction of sp³-hybridized carbons (Fsp3) is 1.00. The van der Waals surface area contributed by atoms with Crippen LogP contribution in [0.25, 0.3) is 0 Å². The highest BCUT2D eigenvalue weighted by Gasteiger charge is 2.20. The molecule has 1 saturated heterocycles. The minimum atomic E-state index is 0.858. The van der Waals surface area contributed by atoms with Crippen LogP contribution in [0.3, 0.4) is 0 Å². The van der Waals surface area contributed by atoms with Crippen LogP contribution in [0.2, 0.25) is 0 Å². The Kier molecular flexibility index (Phi) is 8.20. The lowest BCUT2D eigenvalue weighted by atomic mass is 10.0. The molecule has 0 amide bonds. The predicted octanol–water partition coefficient (Wildman–Crippen LogP) is 2.45. The second-order valence-electron chi connectivity index (χ2n) is 3.76. The first-order chi connectivity index (χ1) is 6.77. The first-order valence-electron chi connectivity index (χ1n) is 6.20. The summed E-state index contributed by atoms with van der Waals surface area (Å²) >= 11 is 0. The van der Waals surface area contributed by atoms with Gasteiger partial charge >= 0.3 is 0 Å². The second-order valence-corrected chi connectivity index (χ2v) is 3.76. The molecule has 86 valence electrons. The summed E-state index contributed by atoms with van der Waals surface area (Å²) in [6.45, 7) is 13.5. The molecular weight excluding hydrogens is 172 g/mol. The Hall–Kier alpha value is -0.0800. The molecule has 0 atom stereocenters. The number of nitrogens with zero attached hydrogens (tertiary/aromatic N) is 2. The molecule has 1 fully saturated rings. The highest BCUT2D eigenvalue weighted by molar-refractivity contribution is 4.77. The molecule has 0 unspecified atom stereocenters. The van der Waals surface area contributed by atoms with Crippen molar-refractivity contribution in [2.75, 3.05) is 33.2 Å². The first kappa shape index (κ1) is 13.9. The van der Waals surface area contributed by atoms with Crippen molar-refractivity contribution in [2.24, 2.45) is 0 Å². The van der Waals surface area contributed by atoms with Crippen LogP contribution in [0.1, 0.15) is 40.5 Å². The fourth-order valence-electron chi connectivity index (χ4n) is 2.10. The van der Waals surface area contributed by atoms with Gasteiger partial charge in [0.05, 0.1) is 0 Å². The van der Waals surface area contributed by atoms with E-state index in [0.29, 0.717) is 0 Å². The zero-order chi connectivity index (χ0) is 11.0. The summed E-state index contributed by atoms with van der Waals surface area (Å²) in [5.41, 5.74) is 0. The summed E-state index contributed by atoms with van der Waals surface area (Å²) in [5, 5.41) is 0. The van der Waals surface area contributed by atoms with E-state index in [-0.39, 0.29) is 0 Å². The van der Waals surface area contributed by atoms with Crippen LogP contribution in [0, 0.1) is 0 Å². The second kappa shape index (κ2) is 8.25. The van der Waals surface area contributed by atoms with E-state index in [1.165, 1.54) is 39.0 Å². The average molecular weight is 200 g/mol. The highest BCUT2D eigenvalue weighted by Crippen LogP contribution is 2.14. The van der Waals surface area contributed by atoms with E-state index in [9.17, 15) is 0 Å². The number of rotatable bonds is 3. The number of hydrogen-bond donors (Lipinski definition) is 0. The summed E-state index contributed by atoms with van der Waals surface area (Å²) in [6.07, 6.45) is 2.72. The molecule has 0 aromatic heterocycles. The molecule has 0 N–H and O–H groups in total. The third-order valence-corrected chi connectivity index (χ3v) is 3.02. The van der Waals surface area contributed by atoms with Gasteiger partial charge in [0.25, 0.3) is 0 Å². The van der Waals surface area contributed by atoms with E-state index in [0.717, 1.165) is 6.04 Å². The van der Waals surface area contributed by atoms with Crippen molar-refractivity contribution in [3.63, 3.8) is 0 Å². The van der Waals surface area contributed by atoms with Crippen molar-refractivity contribution < 1.29 is 0 Å². The zero-order valence-electron chi connectivity index (χ0n) is 10.7. The van der Waals surface area contributed by atoms with Gasteiger partial charge in [-0.25, -0.2) is 0 Å². The Morgan fingerprint density at radius 1 is 1.07 bits per heavy atom. The topological polar surface area (TPSA) is 6.48 Å². The molecule has 0 saturated carbocycles. The average Bonchev–Trinajstić information content (AvgIpc) is 2.25. The molecular formula is C12H28N2. The highest BCUT2D eigenvalue weighted by atomic mass is 15.2. The van der Waals surface area contributed by atoms with Gasteiger partial charge in [-0.3, -0.25) is 0 Å². The van der Waals surface area contributed by atoms with Crippen molar-refractivity contribution in [3.05, 3.63) is 0 Å². The van der Waals surface area contributed by atoms with E-state index in [2.05, 4.69) is 30.7 Å². The van der Waals surface area contributed by atoms with Crippen molar-refractivity contribution in [2.45, 2.75) is 46.6 Å². The van der Waals surface area contributed by atoms with Crippen LogP contribution in [0.15, 0.2) is 0 Å². The molecule has 14 heavy (non-hydrogen) atoms. The van der Waals surface area contributed by atoms with Gasteiger partial charge in [-0.1, -0.05) is 27.7 Å². The third-order valence-electron chi connectivity index (χ3n) is 3.02. The van der Waals surface area contributed by atoms with E-state index >= 15 is 0 Å². The minimum Gasteiger partial charge on any atom is -0.306 e. The van der Waals surface area contributed by atoms with E-state index < -0.39 is 0 Å². The summed E-state index contributed by atoms with van der Waals surface area (Å²) in [4.78, 5) is 5.02. The number of piperidine rings is 1. The SMILES string of the molecule is CC.CCN(CC)C1CCN(C)CC1. The Balaban J connectivity index is 0.000000791. The summed E-state index contributed by atoms with van der Waals surface area (Å²) in [5.74, 6) is 0.